The molecular formula is C17H21NO4S. The highest BCUT2D eigenvalue weighted by Crippen LogP contribution is 2.35. The van der Waals surface area contributed by atoms with E-state index in [-0.39, 0.29) is 29.6 Å². The number of nitrogens with one attached hydrogen (secondary N) is 1. The maximum absolute atomic E-state index is 12.0. The third kappa shape index (κ3) is 3.93. The number of allylic oxidation sites excluding steroid dienone is 1. The van der Waals surface area contributed by atoms with Crippen LogP contribution in [-0.2, 0) is 27.6 Å². The Morgan fingerprint density at radius 2 is 2.17 bits per heavy atom. The van der Waals surface area contributed by atoms with E-state index in [4.69, 9.17) is 4.74 Å². The molecule has 1 aromatic rings. The van der Waals surface area contributed by atoms with Crippen molar-refractivity contribution in [1.82, 2.24) is 5.32 Å². The van der Waals surface area contributed by atoms with Crippen LogP contribution >= 0.6 is 0 Å². The minimum Gasteiger partial charge on any atom is -0.487 e. The van der Waals surface area contributed by atoms with Crippen LogP contribution in [-0.4, -0.2) is 25.7 Å². The zero-order valence-electron chi connectivity index (χ0n) is 13.3. The Kier molecular flexibility index (Phi) is 3.96. The molecule has 2 aliphatic rings. The third-order valence-electron chi connectivity index (χ3n) is 4.07. The Bertz CT molecular complexity index is 765. The summed E-state index contributed by atoms with van der Waals surface area (Å²) in [5.74, 6) is 0.598. The molecule has 2 aliphatic heterocycles. The SMILES string of the molecule is CC1(C)Cc2cc(CNC(=O)CC3C=CS(=O)(=O)C3)ccc2O1. The van der Waals surface area contributed by atoms with Crippen LogP contribution in [0, 0.1) is 5.92 Å². The number of amides is 1. The van der Waals surface area contributed by atoms with Crippen molar-refractivity contribution in [2.75, 3.05) is 5.75 Å². The van der Waals surface area contributed by atoms with E-state index in [1.54, 1.807) is 6.08 Å². The molecule has 1 unspecified atom stereocenters. The molecule has 1 amide bonds. The molecule has 5 nitrogen and oxygen atoms in total. The van der Waals surface area contributed by atoms with Crippen LogP contribution < -0.4 is 10.1 Å². The topological polar surface area (TPSA) is 72.5 Å². The van der Waals surface area contributed by atoms with E-state index < -0.39 is 9.84 Å². The maximum Gasteiger partial charge on any atom is 0.220 e. The summed E-state index contributed by atoms with van der Waals surface area (Å²) in [6.07, 6.45) is 2.66. The Morgan fingerprint density at radius 3 is 2.87 bits per heavy atom. The lowest BCUT2D eigenvalue weighted by atomic mass is 10.00. The van der Waals surface area contributed by atoms with Crippen LogP contribution in [0.2, 0.25) is 0 Å². The first kappa shape index (κ1) is 16.1. The van der Waals surface area contributed by atoms with Crippen molar-refractivity contribution in [3.05, 3.63) is 40.8 Å². The molecule has 3 rings (SSSR count). The summed E-state index contributed by atoms with van der Waals surface area (Å²) in [6.45, 7) is 4.55. The monoisotopic (exact) mass is 335 g/mol. The van der Waals surface area contributed by atoms with Gasteiger partial charge in [0, 0.05) is 30.7 Å². The van der Waals surface area contributed by atoms with E-state index in [0.717, 1.165) is 23.3 Å². The number of carbonyl (C=O) groups is 1. The van der Waals surface area contributed by atoms with E-state index in [1.165, 1.54) is 5.41 Å². The molecule has 0 saturated heterocycles. The molecule has 0 radical (unpaired) electrons. The van der Waals surface area contributed by atoms with E-state index in [9.17, 15) is 13.2 Å². The van der Waals surface area contributed by atoms with Gasteiger partial charge in [0.15, 0.2) is 9.84 Å². The van der Waals surface area contributed by atoms with Crippen LogP contribution in [0.4, 0.5) is 0 Å². The van der Waals surface area contributed by atoms with Crippen molar-refractivity contribution in [2.24, 2.45) is 5.92 Å². The Balaban J connectivity index is 1.53. The summed E-state index contributed by atoms with van der Waals surface area (Å²) >= 11 is 0. The average molecular weight is 335 g/mol. The molecule has 0 aliphatic carbocycles. The van der Waals surface area contributed by atoms with Crippen molar-refractivity contribution in [3.8, 4) is 5.75 Å². The van der Waals surface area contributed by atoms with E-state index in [0.29, 0.717) is 6.54 Å². The largest absolute Gasteiger partial charge is 0.487 e. The van der Waals surface area contributed by atoms with Gasteiger partial charge in [0.2, 0.25) is 5.91 Å². The van der Waals surface area contributed by atoms with E-state index >= 15 is 0 Å². The Hall–Kier alpha value is -1.82. The third-order valence-corrected chi connectivity index (χ3v) is 5.53. The highest BCUT2D eigenvalue weighted by molar-refractivity contribution is 7.94. The van der Waals surface area contributed by atoms with Gasteiger partial charge in [-0.15, -0.1) is 0 Å². The normalized spacial score (nSPS) is 23.3. The second-order valence-corrected chi connectivity index (χ2v) is 8.81. The van der Waals surface area contributed by atoms with Gasteiger partial charge < -0.3 is 10.1 Å². The van der Waals surface area contributed by atoms with Crippen molar-refractivity contribution in [2.45, 2.75) is 38.8 Å². The number of rotatable bonds is 4. The first-order valence-corrected chi connectivity index (χ1v) is 9.42. The van der Waals surface area contributed by atoms with Crippen molar-refractivity contribution < 1.29 is 17.9 Å². The smallest absolute Gasteiger partial charge is 0.220 e. The average Bonchev–Trinajstić information content (AvgIpc) is 2.93. The zero-order valence-corrected chi connectivity index (χ0v) is 14.2. The van der Waals surface area contributed by atoms with E-state index in [2.05, 4.69) is 25.2 Å². The fraction of sp³-hybridized carbons (Fsp3) is 0.471. The highest BCUT2D eigenvalue weighted by atomic mass is 32.2. The molecular weight excluding hydrogens is 314 g/mol. The van der Waals surface area contributed by atoms with E-state index in [1.807, 2.05) is 12.1 Å². The van der Waals surface area contributed by atoms with Gasteiger partial charge in [-0.1, -0.05) is 18.2 Å². The van der Waals surface area contributed by atoms with Gasteiger partial charge in [-0.25, -0.2) is 8.42 Å². The van der Waals surface area contributed by atoms with Gasteiger partial charge in [-0.3, -0.25) is 4.79 Å². The minimum absolute atomic E-state index is 0.0334. The minimum atomic E-state index is -3.10. The summed E-state index contributed by atoms with van der Waals surface area (Å²) in [5.41, 5.74) is 2.00. The standard InChI is InChI=1S/C17H21NO4S/c1-17(2)9-14-7-12(3-4-15(14)22-17)10-18-16(19)8-13-5-6-23(20,21)11-13/h3-7,13H,8-11H2,1-2H3,(H,18,19). The maximum atomic E-state index is 12.0. The highest BCUT2D eigenvalue weighted by Gasteiger charge is 2.30. The van der Waals surface area contributed by atoms with Gasteiger partial charge >= 0.3 is 0 Å². The predicted molar refractivity (Wildman–Crippen MR) is 87.7 cm³/mol. The van der Waals surface area contributed by atoms with Gasteiger partial charge in [0.1, 0.15) is 11.4 Å². The van der Waals surface area contributed by atoms with Crippen LogP contribution in [0.3, 0.4) is 0 Å². The molecule has 6 heteroatoms. The Labute approximate surface area is 136 Å². The number of benzene rings is 1. The second kappa shape index (κ2) is 5.67. The van der Waals surface area contributed by atoms with Gasteiger partial charge in [-0.2, -0.15) is 0 Å². The summed E-state index contributed by atoms with van der Waals surface area (Å²) in [6, 6.07) is 5.95. The molecule has 2 heterocycles. The molecule has 0 spiro atoms. The first-order valence-electron chi connectivity index (χ1n) is 7.71. The lowest BCUT2D eigenvalue weighted by Crippen LogP contribution is -2.25. The zero-order chi connectivity index (χ0) is 16.7. The predicted octanol–water partition coefficient (Wildman–Crippen LogP) is 1.96. The van der Waals surface area contributed by atoms with Crippen LogP contribution in [0.25, 0.3) is 0 Å². The van der Waals surface area contributed by atoms with Gasteiger partial charge in [-0.05, 0) is 31.0 Å². The fourth-order valence-corrected chi connectivity index (χ4v) is 4.45. The number of sulfone groups is 1. The quantitative estimate of drug-likeness (QED) is 0.913. The Morgan fingerprint density at radius 1 is 1.39 bits per heavy atom. The first-order chi connectivity index (χ1) is 10.7. The summed E-state index contributed by atoms with van der Waals surface area (Å²) in [4.78, 5) is 12.0. The lowest BCUT2D eigenvalue weighted by Gasteiger charge is -2.16. The molecule has 1 aromatic carbocycles. The fourth-order valence-electron chi connectivity index (χ4n) is 3.05. The van der Waals surface area contributed by atoms with Crippen LogP contribution in [0.1, 0.15) is 31.4 Å². The number of ether oxygens (including phenoxy) is 1. The number of fused-ring (bicyclic) bond motifs is 1. The van der Waals surface area contributed by atoms with Gasteiger partial charge in [0.05, 0.1) is 5.75 Å². The summed E-state index contributed by atoms with van der Waals surface area (Å²) in [5, 5.41) is 4.06. The molecule has 0 saturated carbocycles. The molecule has 0 bridgehead atoms. The molecule has 124 valence electrons. The van der Waals surface area contributed by atoms with Crippen LogP contribution in [0.15, 0.2) is 29.7 Å². The number of carbonyl (C=O) groups excluding carboxylic acids is 1. The van der Waals surface area contributed by atoms with Crippen molar-refractivity contribution >= 4 is 15.7 Å². The van der Waals surface area contributed by atoms with Crippen molar-refractivity contribution in [1.29, 1.82) is 0 Å². The summed E-state index contributed by atoms with van der Waals surface area (Å²) < 4.78 is 28.5. The number of hydrogen-bond donors (Lipinski definition) is 1. The van der Waals surface area contributed by atoms with Crippen molar-refractivity contribution in [3.63, 3.8) is 0 Å². The summed E-state index contributed by atoms with van der Waals surface area (Å²) in [7, 11) is -3.10. The lowest BCUT2D eigenvalue weighted by molar-refractivity contribution is -0.121. The van der Waals surface area contributed by atoms with Gasteiger partial charge in [0.25, 0.3) is 0 Å². The molecule has 1 N–H and O–H groups in total. The second-order valence-electron chi connectivity index (χ2n) is 6.88. The molecule has 0 fully saturated rings. The molecule has 1 atom stereocenters. The molecule has 0 aromatic heterocycles. The number of hydrogen-bond acceptors (Lipinski definition) is 4. The van der Waals surface area contributed by atoms with Crippen LogP contribution in [0.5, 0.6) is 5.75 Å². The molecule has 23 heavy (non-hydrogen) atoms.